The number of ether oxygens (including phenoxy) is 1. The molecule has 1 atom stereocenters. The summed E-state index contributed by atoms with van der Waals surface area (Å²) in [6.07, 6.45) is 2.57. The highest BCUT2D eigenvalue weighted by Crippen LogP contribution is 2.37. The minimum absolute atomic E-state index is 0.0385. The van der Waals surface area contributed by atoms with E-state index >= 15 is 0 Å². The molecule has 5 heteroatoms. The molecule has 0 saturated heterocycles. The minimum atomic E-state index is -0.181. The second kappa shape index (κ2) is 10.4. The van der Waals surface area contributed by atoms with Crippen molar-refractivity contribution in [3.05, 3.63) is 125 Å². The summed E-state index contributed by atoms with van der Waals surface area (Å²) in [5.74, 6) is 1.24. The Balaban J connectivity index is 1.34. The lowest BCUT2D eigenvalue weighted by atomic mass is 9.87. The third-order valence-corrected chi connectivity index (χ3v) is 6.20. The molecule has 1 aromatic heterocycles. The Bertz CT molecular complexity index is 1210. The van der Waals surface area contributed by atoms with Gasteiger partial charge in [-0.3, -0.25) is 9.69 Å². The summed E-state index contributed by atoms with van der Waals surface area (Å²) in [5, 5.41) is 2.82. The second-order valence-electron chi connectivity index (χ2n) is 8.52. The summed E-state index contributed by atoms with van der Waals surface area (Å²) in [6, 6.07) is 31.2. The van der Waals surface area contributed by atoms with E-state index in [4.69, 9.17) is 9.15 Å². The molecule has 0 aliphatic carbocycles. The molecule has 0 saturated carbocycles. The van der Waals surface area contributed by atoms with Crippen LogP contribution in [-0.4, -0.2) is 24.0 Å². The summed E-state index contributed by atoms with van der Waals surface area (Å²) in [6.45, 7) is 2.17. The van der Waals surface area contributed by atoms with Gasteiger partial charge in [0.1, 0.15) is 11.5 Å². The molecule has 5 rings (SSSR count). The Morgan fingerprint density at radius 3 is 2.53 bits per heavy atom. The van der Waals surface area contributed by atoms with Crippen LogP contribution in [-0.2, 0) is 24.3 Å². The average molecular weight is 453 g/mol. The van der Waals surface area contributed by atoms with Crippen LogP contribution in [0.5, 0.6) is 5.75 Å². The Hall–Kier alpha value is -3.83. The number of rotatable bonds is 8. The first-order chi connectivity index (χ1) is 16.8. The van der Waals surface area contributed by atoms with Crippen molar-refractivity contribution in [1.82, 2.24) is 10.2 Å². The first-order valence-electron chi connectivity index (χ1n) is 11.6. The molecule has 0 fully saturated rings. The number of carbonyl (C=O) groups excluding carboxylic acids is 1. The van der Waals surface area contributed by atoms with Gasteiger partial charge in [0.25, 0.3) is 5.91 Å². The average Bonchev–Trinajstić information content (AvgIpc) is 3.41. The van der Waals surface area contributed by atoms with Gasteiger partial charge in [-0.25, -0.2) is 0 Å². The number of nitrogens with zero attached hydrogens (tertiary/aromatic N) is 1. The van der Waals surface area contributed by atoms with Gasteiger partial charge in [0.15, 0.2) is 6.61 Å². The lowest BCUT2D eigenvalue weighted by Crippen LogP contribution is -2.35. The molecule has 0 unspecified atom stereocenters. The summed E-state index contributed by atoms with van der Waals surface area (Å²) < 4.78 is 11.1. The first-order valence-corrected chi connectivity index (χ1v) is 11.6. The van der Waals surface area contributed by atoms with Crippen LogP contribution in [0.4, 0.5) is 0 Å². The fourth-order valence-corrected chi connectivity index (χ4v) is 4.55. The van der Waals surface area contributed by atoms with Crippen molar-refractivity contribution >= 4 is 5.91 Å². The van der Waals surface area contributed by atoms with Gasteiger partial charge in [-0.05, 0) is 52.9 Å². The van der Waals surface area contributed by atoms with Crippen molar-refractivity contribution in [1.29, 1.82) is 0 Å². The number of furan rings is 1. The van der Waals surface area contributed by atoms with E-state index in [1.54, 1.807) is 12.3 Å². The third-order valence-electron chi connectivity index (χ3n) is 6.20. The van der Waals surface area contributed by atoms with Crippen LogP contribution in [0, 0.1) is 0 Å². The van der Waals surface area contributed by atoms with Gasteiger partial charge in [-0.2, -0.15) is 0 Å². The maximum absolute atomic E-state index is 12.3. The van der Waals surface area contributed by atoms with Crippen molar-refractivity contribution in [3.8, 4) is 5.75 Å². The van der Waals surface area contributed by atoms with Gasteiger partial charge >= 0.3 is 0 Å². The van der Waals surface area contributed by atoms with Gasteiger partial charge in [-0.1, -0.05) is 66.7 Å². The van der Waals surface area contributed by atoms with Gasteiger partial charge in [0.2, 0.25) is 0 Å². The number of fused-ring (bicyclic) bond motifs is 1. The van der Waals surface area contributed by atoms with E-state index in [0.717, 1.165) is 19.5 Å². The molecule has 2 heterocycles. The maximum Gasteiger partial charge on any atom is 0.258 e. The summed E-state index contributed by atoms with van der Waals surface area (Å²) in [5.41, 5.74) is 5.12. The quantitative estimate of drug-likeness (QED) is 0.403. The predicted molar refractivity (Wildman–Crippen MR) is 131 cm³/mol. The molecule has 4 aromatic rings. The summed E-state index contributed by atoms with van der Waals surface area (Å²) in [7, 11) is 0. The van der Waals surface area contributed by atoms with Crippen molar-refractivity contribution < 1.29 is 13.9 Å². The number of amides is 1. The first kappa shape index (κ1) is 22.0. The van der Waals surface area contributed by atoms with Crippen LogP contribution >= 0.6 is 0 Å². The molecule has 0 spiro atoms. The SMILES string of the molecule is O=C(COc1ccc2c(c1)[C@@H](c1ccccc1)N(Cc1ccccc1)CC2)NCc1ccco1. The highest BCUT2D eigenvalue weighted by atomic mass is 16.5. The van der Waals surface area contributed by atoms with Gasteiger partial charge in [-0.15, -0.1) is 0 Å². The Kier molecular flexibility index (Phi) is 6.73. The van der Waals surface area contributed by atoms with Crippen molar-refractivity contribution in [2.24, 2.45) is 0 Å². The lowest BCUT2D eigenvalue weighted by molar-refractivity contribution is -0.123. The maximum atomic E-state index is 12.3. The molecular weight excluding hydrogens is 424 g/mol. The Morgan fingerprint density at radius 1 is 0.971 bits per heavy atom. The molecule has 172 valence electrons. The van der Waals surface area contributed by atoms with Crippen LogP contribution < -0.4 is 10.1 Å². The molecular formula is C29H28N2O3. The van der Waals surface area contributed by atoms with Crippen molar-refractivity contribution in [2.75, 3.05) is 13.2 Å². The third kappa shape index (κ3) is 5.21. The van der Waals surface area contributed by atoms with E-state index in [0.29, 0.717) is 18.1 Å². The lowest BCUT2D eigenvalue weighted by Gasteiger charge is -2.38. The van der Waals surface area contributed by atoms with Crippen molar-refractivity contribution in [3.63, 3.8) is 0 Å². The summed E-state index contributed by atoms with van der Waals surface area (Å²) in [4.78, 5) is 14.8. The predicted octanol–water partition coefficient (Wildman–Crippen LogP) is 5.12. The minimum Gasteiger partial charge on any atom is -0.484 e. The van der Waals surface area contributed by atoms with Crippen LogP contribution in [0.2, 0.25) is 0 Å². The topological polar surface area (TPSA) is 54.7 Å². The molecule has 0 radical (unpaired) electrons. The van der Waals surface area contributed by atoms with Crippen molar-refractivity contribution in [2.45, 2.75) is 25.6 Å². The Morgan fingerprint density at radius 2 is 1.76 bits per heavy atom. The molecule has 3 aromatic carbocycles. The molecule has 5 nitrogen and oxygen atoms in total. The molecule has 0 bridgehead atoms. The van der Waals surface area contributed by atoms with Gasteiger partial charge in [0, 0.05) is 13.1 Å². The summed E-state index contributed by atoms with van der Waals surface area (Å²) >= 11 is 0. The largest absolute Gasteiger partial charge is 0.484 e. The normalized spacial score (nSPS) is 15.5. The monoisotopic (exact) mass is 452 g/mol. The second-order valence-corrected chi connectivity index (χ2v) is 8.52. The van der Waals surface area contributed by atoms with E-state index in [1.165, 1.54) is 22.3 Å². The van der Waals surface area contributed by atoms with Crippen LogP contribution in [0.25, 0.3) is 0 Å². The highest BCUT2D eigenvalue weighted by Gasteiger charge is 2.29. The van der Waals surface area contributed by atoms with E-state index < -0.39 is 0 Å². The van der Waals surface area contributed by atoms with Crippen LogP contribution in [0.1, 0.15) is 34.1 Å². The number of hydrogen-bond donors (Lipinski definition) is 1. The molecule has 1 amide bonds. The van der Waals surface area contributed by atoms with Crippen LogP contribution in [0.3, 0.4) is 0 Å². The zero-order valence-corrected chi connectivity index (χ0v) is 19.0. The molecule has 1 aliphatic rings. The molecule has 1 N–H and O–H groups in total. The number of hydrogen-bond acceptors (Lipinski definition) is 4. The van der Waals surface area contributed by atoms with Gasteiger partial charge in [0.05, 0.1) is 18.8 Å². The fraction of sp³-hybridized carbons (Fsp3) is 0.207. The van der Waals surface area contributed by atoms with Gasteiger partial charge < -0.3 is 14.5 Å². The fourth-order valence-electron chi connectivity index (χ4n) is 4.55. The molecule has 34 heavy (non-hydrogen) atoms. The highest BCUT2D eigenvalue weighted by molar-refractivity contribution is 5.77. The standard InChI is InChI=1S/C29H28N2O3/c32-28(30-19-26-12-7-17-33-26)21-34-25-14-13-23-15-16-31(20-22-8-3-1-4-9-22)29(27(23)18-25)24-10-5-2-6-11-24/h1-14,17-18,29H,15-16,19-21H2,(H,30,32)/t29-/m1/s1. The van der Waals surface area contributed by atoms with E-state index in [2.05, 4.69) is 83.0 Å². The number of benzene rings is 3. The van der Waals surface area contributed by atoms with Crippen LogP contribution in [0.15, 0.2) is 102 Å². The van der Waals surface area contributed by atoms with E-state index in [9.17, 15) is 4.79 Å². The smallest absolute Gasteiger partial charge is 0.258 e. The van der Waals surface area contributed by atoms with E-state index in [-0.39, 0.29) is 18.6 Å². The number of nitrogens with one attached hydrogen (secondary N) is 1. The number of carbonyl (C=O) groups is 1. The molecule has 1 aliphatic heterocycles. The van der Waals surface area contributed by atoms with E-state index in [1.807, 2.05) is 12.1 Å². The zero-order chi connectivity index (χ0) is 23.2. The zero-order valence-electron chi connectivity index (χ0n) is 19.0. The Labute approximate surface area is 200 Å².